The summed E-state index contributed by atoms with van der Waals surface area (Å²) in [4.78, 5) is 9.23. The third kappa shape index (κ3) is 6.01. The van der Waals surface area contributed by atoms with Crippen molar-refractivity contribution >= 4 is 5.96 Å². The standard InChI is InChI=1S/C20H34N4O/c1-5-23(6-2)14-18-9-7-8-17(12-18)13-22-20(21-3)24-11-10-19(15-24)16-25-4/h7-9,12,19H,5-6,10-11,13-16H2,1-4H3,(H,21,22). The van der Waals surface area contributed by atoms with Crippen LogP contribution in [-0.2, 0) is 17.8 Å². The summed E-state index contributed by atoms with van der Waals surface area (Å²) >= 11 is 0. The summed E-state index contributed by atoms with van der Waals surface area (Å²) in [5.41, 5.74) is 2.68. The SMILES string of the molecule is CCN(CC)Cc1cccc(CNC(=NC)N2CCC(COC)C2)c1. The molecule has 1 aliphatic heterocycles. The lowest BCUT2D eigenvalue weighted by atomic mass is 10.1. The lowest BCUT2D eigenvalue weighted by Crippen LogP contribution is -2.39. The predicted octanol–water partition coefficient (Wildman–Crippen LogP) is 2.57. The fourth-order valence-corrected chi connectivity index (χ4v) is 3.45. The van der Waals surface area contributed by atoms with E-state index in [0.29, 0.717) is 5.92 Å². The Kier molecular flexibility index (Phi) is 8.22. The summed E-state index contributed by atoms with van der Waals surface area (Å²) in [7, 11) is 3.64. The molecule has 5 heteroatoms. The Morgan fingerprint density at radius 3 is 2.76 bits per heavy atom. The minimum Gasteiger partial charge on any atom is -0.384 e. The van der Waals surface area contributed by atoms with Crippen molar-refractivity contribution < 1.29 is 4.74 Å². The summed E-state index contributed by atoms with van der Waals surface area (Å²) in [5.74, 6) is 1.61. The fourth-order valence-electron chi connectivity index (χ4n) is 3.45. The first-order valence-corrected chi connectivity index (χ1v) is 9.44. The number of nitrogens with one attached hydrogen (secondary N) is 1. The summed E-state index contributed by atoms with van der Waals surface area (Å²) in [6.07, 6.45) is 1.17. The molecule has 0 saturated carbocycles. The van der Waals surface area contributed by atoms with Gasteiger partial charge in [-0.05, 0) is 30.6 Å². The predicted molar refractivity (Wildman–Crippen MR) is 105 cm³/mol. The Morgan fingerprint density at radius 2 is 2.08 bits per heavy atom. The van der Waals surface area contributed by atoms with Gasteiger partial charge in [-0.15, -0.1) is 0 Å². The monoisotopic (exact) mass is 346 g/mol. The molecule has 1 atom stereocenters. The highest BCUT2D eigenvalue weighted by molar-refractivity contribution is 5.80. The molecule has 0 spiro atoms. The van der Waals surface area contributed by atoms with Gasteiger partial charge in [-0.25, -0.2) is 0 Å². The van der Waals surface area contributed by atoms with E-state index in [1.165, 1.54) is 17.5 Å². The summed E-state index contributed by atoms with van der Waals surface area (Å²) in [6, 6.07) is 8.86. The molecular formula is C20H34N4O. The average molecular weight is 347 g/mol. The van der Waals surface area contributed by atoms with Crippen molar-refractivity contribution in [2.75, 3.05) is 46.9 Å². The van der Waals surface area contributed by atoms with Gasteiger partial charge in [-0.3, -0.25) is 9.89 Å². The Bertz CT molecular complexity index is 542. The topological polar surface area (TPSA) is 40.1 Å². The van der Waals surface area contributed by atoms with E-state index in [2.05, 4.69) is 58.2 Å². The van der Waals surface area contributed by atoms with Gasteiger partial charge in [0.15, 0.2) is 5.96 Å². The Labute approximate surface area is 153 Å². The van der Waals surface area contributed by atoms with Crippen molar-refractivity contribution in [3.8, 4) is 0 Å². The van der Waals surface area contributed by atoms with Crippen LogP contribution in [0.3, 0.4) is 0 Å². The normalized spacial score (nSPS) is 18.2. The number of ether oxygens (including phenoxy) is 1. The summed E-state index contributed by atoms with van der Waals surface area (Å²) < 4.78 is 5.29. The fraction of sp³-hybridized carbons (Fsp3) is 0.650. The number of methoxy groups -OCH3 is 1. The largest absolute Gasteiger partial charge is 0.384 e. The van der Waals surface area contributed by atoms with Gasteiger partial charge >= 0.3 is 0 Å². The van der Waals surface area contributed by atoms with Crippen molar-refractivity contribution in [2.24, 2.45) is 10.9 Å². The Morgan fingerprint density at radius 1 is 1.32 bits per heavy atom. The number of aliphatic imine (C=N–C) groups is 1. The molecule has 1 aromatic carbocycles. The highest BCUT2D eigenvalue weighted by atomic mass is 16.5. The van der Waals surface area contributed by atoms with Gasteiger partial charge in [0.2, 0.25) is 0 Å². The van der Waals surface area contributed by atoms with Crippen LogP contribution in [0.25, 0.3) is 0 Å². The van der Waals surface area contributed by atoms with E-state index in [9.17, 15) is 0 Å². The van der Waals surface area contributed by atoms with Gasteiger partial charge in [-0.2, -0.15) is 0 Å². The van der Waals surface area contributed by atoms with Crippen molar-refractivity contribution in [3.05, 3.63) is 35.4 Å². The van der Waals surface area contributed by atoms with Crippen LogP contribution in [-0.4, -0.2) is 62.7 Å². The van der Waals surface area contributed by atoms with Gasteiger partial charge < -0.3 is 15.0 Å². The van der Waals surface area contributed by atoms with Crippen molar-refractivity contribution in [1.29, 1.82) is 0 Å². The molecule has 1 heterocycles. The lowest BCUT2D eigenvalue weighted by Gasteiger charge is -2.22. The molecule has 1 aliphatic rings. The van der Waals surface area contributed by atoms with E-state index in [-0.39, 0.29) is 0 Å². The van der Waals surface area contributed by atoms with Crippen LogP contribution < -0.4 is 5.32 Å². The van der Waals surface area contributed by atoms with E-state index in [0.717, 1.165) is 51.8 Å². The zero-order valence-corrected chi connectivity index (χ0v) is 16.3. The number of likely N-dealkylation sites (tertiary alicyclic amines) is 1. The highest BCUT2D eigenvalue weighted by Gasteiger charge is 2.24. The first-order valence-electron chi connectivity index (χ1n) is 9.44. The number of hydrogen-bond donors (Lipinski definition) is 1. The molecule has 5 nitrogen and oxygen atoms in total. The smallest absolute Gasteiger partial charge is 0.193 e. The molecule has 0 aromatic heterocycles. The minimum absolute atomic E-state index is 0.612. The van der Waals surface area contributed by atoms with Gasteiger partial charge in [0.25, 0.3) is 0 Å². The first-order chi connectivity index (χ1) is 12.2. The number of rotatable bonds is 8. The van der Waals surface area contributed by atoms with Crippen LogP contribution in [0.1, 0.15) is 31.4 Å². The summed E-state index contributed by atoms with van der Waals surface area (Å²) in [5, 5.41) is 3.52. The molecule has 0 bridgehead atoms. The molecule has 0 aliphatic carbocycles. The zero-order valence-electron chi connectivity index (χ0n) is 16.3. The van der Waals surface area contributed by atoms with Crippen LogP contribution in [0.4, 0.5) is 0 Å². The van der Waals surface area contributed by atoms with Gasteiger partial charge in [-0.1, -0.05) is 38.1 Å². The van der Waals surface area contributed by atoms with E-state index in [4.69, 9.17) is 4.74 Å². The molecule has 1 fully saturated rings. The van der Waals surface area contributed by atoms with E-state index >= 15 is 0 Å². The number of benzene rings is 1. The van der Waals surface area contributed by atoms with Crippen LogP contribution >= 0.6 is 0 Å². The molecular weight excluding hydrogens is 312 g/mol. The van der Waals surface area contributed by atoms with Crippen LogP contribution in [0.15, 0.2) is 29.3 Å². The first kappa shape index (κ1) is 19.7. The molecule has 140 valence electrons. The maximum atomic E-state index is 5.29. The lowest BCUT2D eigenvalue weighted by molar-refractivity contribution is 0.157. The maximum absolute atomic E-state index is 5.29. The Balaban J connectivity index is 1.89. The van der Waals surface area contributed by atoms with Gasteiger partial charge in [0.05, 0.1) is 6.61 Å². The molecule has 1 saturated heterocycles. The number of nitrogens with zero attached hydrogens (tertiary/aromatic N) is 3. The number of guanidine groups is 1. The molecule has 1 unspecified atom stereocenters. The minimum atomic E-state index is 0.612. The van der Waals surface area contributed by atoms with Crippen LogP contribution in [0.5, 0.6) is 0 Å². The van der Waals surface area contributed by atoms with Crippen molar-refractivity contribution in [2.45, 2.75) is 33.4 Å². The van der Waals surface area contributed by atoms with Crippen LogP contribution in [0.2, 0.25) is 0 Å². The second-order valence-electron chi connectivity index (χ2n) is 6.74. The quantitative estimate of drug-likeness (QED) is 0.580. The maximum Gasteiger partial charge on any atom is 0.193 e. The van der Waals surface area contributed by atoms with Crippen molar-refractivity contribution in [3.63, 3.8) is 0 Å². The highest BCUT2D eigenvalue weighted by Crippen LogP contribution is 2.16. The molecule has 0 radical (unpaired) electrons. The van der Waals surface area contributed by atoms with Gasteiger partial charge in [0, 0.05) is 46.3 Å². The third-order valence-corrected chi connectivity index (χ3v) is 4.94. The second kappa shape index (κ2) is 10.4. The van der Waals surface area contributed by atoms with E-state index in [1.54, 1.807) is 7.11 Å². The second-order valence-corrected chi connectivity index (χ2v) is 6.74. The number of hydrogen-bond acceptors (Lipinski definition) is 3. The zero-order chi connectivity index (χ0) is 18.1. The third-order valence-electron chi connectivity index (χ3n) is 4.94. The molecule has 25 heavy (non-hydrogen) atoms. The van der Waals surface area contributed by atoms with Gasteiger partial charge in [0.1, 0.15) is 0 Å². The molecule has 1 aromatic rings. The average Bonchev–Trinajstić information content (AvgIpc) is 3.09. The van der Waals surface area contributed by atoms with Crippen molar-refractivity contribution in [1.82, 2.24) is 15.1 Å². The molecule has 1 N–H and O–H groups in total. The Hall–Kier alpha value is -1.59. The van der Waals surface area contributed by atoms with E-state index < -0.39 is 0 Å². The van der Waals surface area contributed by atoms with E-state index in [1.807, 2.05) is 7.05 Å². The summed E-state index contributed by atoms with van der Waals surface area (Å²) in [6.45, 7) is 11.3. The molecule has 0 amide bonds. The van der Waals surface area contributed by atoms with Crippen LogP contribution in [0, 0.1) is 5.92 Å². The molecule has 2 rings (SSSR count).